The number of nitrogens with zero attached hydrogens (tertiary/aromatic N) is 1. The normalized spacial score (nSPS) is 15.3. The van der Waals surface area contributed by atoms with E-state index in [-0.39, 0.29) is 29.3 Å². The Morgan fingerprint density at radius 2 is 1.85 bits per heavy atom. The second kappa shape index (κ2) is 6.53. The molecule has 0 aliphatic carbocycles. The number of hydrogen-bond donors (Lipinski definition) is 2. The number of halogens is 1. The second-order valence-electron chi connectivity index (χ2n) is 4.44. The van der Waals surface area contributed by atoms with E-state index in [4.69, 9.17) is 0 Å². The number of hydrogen-bond acceptors (Lipinski definition) is 4. The standard InChI is InChI=1S/C12H17N3O3S.ClH/c1-13-12(16)9-3-5-11(6-4-9)19(17,18)15(2)10-7-14-8-10;/h3-6,10,14H,7-8H2,1-2H3,(H,13,16);1H. The topological polar surface area (TPSA) is 78.5 Å². The summed E-state index contributed by atoms with van der Waals surface area (Å²) in [6, 6.07) is 5.95. The van der Waals surface area contributed by atoms with Crippen LogP contribution >= 0.6 is 12.4 Å². The van der Waals surface area contributed by atoms with Crippen LogP contribution in [-0.4, -0.2) is 51.9 Å². The van der Waals surface area contributed by atoms with Crippen molar-refractivity contribution < 1.29 is 13.2 Å². The molecule has 112 valence electrons. The zero-order chi connectivity index (χ0) is 14.0. The average Bonchev–Trinajstić information content (AvgIpc) is 2.36. The Bertz CT molecular complexity index is 570. The van der Waals surface area contributed by atoms with Crippen molar-refractivity contribution in [3.8, 4) is 0 Å². The van der Waals surface area contributed by atoms with Crippen LogP contribution in [-0.2, 0) is 10.0 Å². The van der Waals surface area contributed by atoms with E-state index in [1.165, 1.54) is 35.6 Å². The fourth-order valence-corrected chi connectivity index (χ4v) is 3.17. The summed E-state index contributed by atoms with van der Waals surface area (Å²) in [5, 5.41) is 5.53. The third-order valence-corrected chi connectivity index (χ3v) is 5.22. The first-order valence-corrected chi connectivity index (χ1v) is 7.41. The minimum absolute atomic E-state index is 0. The van der Waals surface area contributed by atoms with Gasteiger partial charge in [-0.1, -0.05) is 0 Å². The molecule has 0 saturated carbocycles. The number of amides is 1. The highest BCUT2D eigenvalue weighted by molar-refractivity contribution is 7.89. The van der Waals surface area contributed by atoms with E-state index < -0.39 is 10.0 Å². The molecular weight excluding hydrogens is 302 g/mol. The van der Waals surface area contributed by atoms with Gasteiger partial charge in [0.05, 0.1) is 4.90 Å². The predicted molar refractivity (Wildman–Crippen MR) is 78.7 cm³/mol. The molecular formula is C12H18ClN3O3S. The van der Waals surface area contributed by atoms with Crippen molar-refractivity contribution >= 4 is 28.3 Å². The molecule has 1 aliphatic heterocycles. The monoisotopic (exact) mass is 319 g/mol. The van der Waals surface area contributed by atoms with Gasteiger partial charge in [-0.2, -0.15) is 4.31 Å². The molecule has 8 heteroatoms. The SMILES string of the molecule is CNC(=O)c1ccc(S(=O)(=O)N(C)C2CNC2)cc1.Cl. The van der Waals surface area contributed by atoms with Crippen molar-refractivity contribution in [1.82, 2.24) is 14.9 Å². The molecule has 1 heterocycles. The van der Waals surface area contributed by atoms with E-state index in [0.29, 0.717) is 18.7 Å². The van der Waals surface area contributed by atoms with Crippen molar-refractivity contribution in [2.45, 2.75) is 10.9 Å². The Hall–Kier alpha value is -1.15. The van der Waals surface area contributed by atoms with Crippen LogP contribution in [0.1, 0.15) is 10.4 Å². The van der Waals surface area contributed by atoms with Gasteiger partial charge in [0.15, 0.2) is 0 Å². The quantitative estimate of drug-likeness (QED) is 0.822. The lowest BCUT2D eigenvalue weighted by molar-refractivity contribution is 0.0963. The summed E-state index contributed by atoms with van der Waals surface area (Å²) in [5.74, 6) is -0.236. The third-order valence-electron chi connectivity index (χ3n) is 3.29. The largest absolute Gasteiger partial charge is 0.355 e. The van der Waals surface area contributed by atoms with Gasteiger partial charge in [0.2, 0.25) is 10.0 Å². The molecule has 1 aromatic rings. The Balaban J connectivity index is 0.00000200. The average molecular weight is 320 g/mol. The molecule has 0 unspecified atom stereocenters. The van der Waals surface area contributed by atoms with Crippen molar-refractivity contribution in [2.75, 3.05) is 27.2 Å². The van der Waals surface area contributed by atoms with Crippen LogP contribution in [0.5, 0.6) is 0 Å². The maximum Gasteiger partial charge on any atom is 0.251 e. The van der Waals surface area contributed by atoms with Crippen LogP contribution in [0.2, 0.25) is 0 Å². The van der Waals surface area contributed by atoms with Crippen LogP contribution in [0.4, 0.5) is 0 Å². The summed E-state index contributed by atoms with van der Waals surface area (Å²) in [5.41, 5.74) is 0.439. The highest BCUT2D eigenvalue weighted by atomic mass is 35.5. The third kappa shape index (κ3) is 3.12. The molecule has 0 spiro atoms. The number of nitrogens with one attached hydrogen (secondary N) is 2. The molecule has 1 fully saturated rings. The Morgan fingerprint density at radius 1 is 1.30 bits per heavy atom. The number of likely N-dealkylation sites (N-methyl/N-ethyl adjacent to an activating group) is 1. The van der Waals surface area contributed by atoms with Gasteiger partial charge in [-0.25, -0.2) is 8.42 Å². The lowest BCUT2D eigenvalue weighted by atomic mass is 10.2. The molecule has 1 aromatic carbocycles. The maximum absolute atomic E-state index is 12.3. The molecule has 0 radical (unpaired) electrons. The summed E-state index contributed by atoms with van der Waals surface area (Å²) < 4.78 is 26.0. The molecule has 1 amide bonds. The van der Waals surface area contributed by atoms with Gasteiger partial charge in [0.1, 0.15) is 0 Å². The molecule has 20 heavy (non-hydrogen) atoms. The number of rotatable bonds is 4. The van der Waals surface area contributed by atoms with Gasteiger partial charge in [-0.15, -0.1) is 12.4 Å². The minimum Gasteiger partial charge on any atom is -0.355 e. The molecule has 1 saturated heterocycles. The van der Waals surface area contributed by atoms with Gasteiger partial charge < -0.3 is 10.6 Å². The van der Waals surface area contributed by atoms with Gasteiger partial charge in [0.25, 0.3) is 5.91 Å². The number of carbonyl (C=O) groups is 1. The van der Waals surface area contributed by atoms with E-state index in [0.717, 1.165) is 0 Å². The van der Waals surface area contributed by atoms with Crippen molar-refractivity contribution in [3.63, 3.8) is 0 Å². The zero-order valence-corrected chi connectivity index (χ0v) is 12.9. The van der Waals surface area contributed by atoms with Crippen LogP contribution in [0.3, 0.4) is 0 Å². The molecule has 0 atom stereocenters. The fraction of sp³-hybridized carbons (Fsp3) is 0.417. The molecule has 0 bridgehead atoms. The molecule has 6 nitrogen and oxygen atoms in total. The summed E-state index contributed by atoms with van der Waals surface area (Å²) >= 11 is 0. The highest BCUT2D eigenvalue weighted by Crippen LogP contribution is 2.18. The summed E-state index contributed by atoms with van der Waals surface area (Å²) in [7, 11) is -0.378. The summed E-state index contributed by atoms with van der Waals surface area (Å²) in [6.45, 7) is 1.35. The highest BCUT2D eigenvalue weighted by Gasteiger charge is 2.31. The van der Waals surface area contributed by atoms with Crippen LogP contribution in [0.15, 0.2) is 29.2 Å². The first-order valence-electron chi connectivity index (χ1n) is 5.97. The Kier molecular flexibility index (Phi) is 5.52. The lowest BCUT2D eigenvalue weighted by Crippen LogP contribution is -2.57. The lowest BCUT2D eigenvalue weighted by Gasteiger charge is -2.34. The summed E-state index contributed by atoms with van der Waals surface area (Å²) in [4.78, 5) is 11.6. The predicted octanol–water partition coefficient (Wildman–Crippen LogP) is 0.0603. The van der Waals surface area contributed by atoms with Gasteiger partial charge >= 0.3 is 0 Å². The molecule has 1 aliphatic rings. The number of carbonyl (C=O) groups excluding carboxylic acids is 1. The van der Waals surface area contributed by atoms with E-state index in [2.05, 4.69) is 10.6 Å². The zero-order valence-electron chi connectivity index (χ0n) is 11.3. The fourth-order valence-electron chi connectivity index (χ4n) is 1.82. The first kappa shape index (κ1) is 16.9. The van der Waals surface area contributed by atoms with E-state index in [1.54, 1.807) is 7.05 Å². The van der Waals surface area contributed by atoms with Gasteiger partial charge in [-0.05, 0) is 24.3 Å². The summed E-state index contributed by atoms with van der Waals surface area (Å²) in [6.07, 6.45) is 0. The van der Waals surface area contributed by atoms with Gasteiger partial charge in [0, 0.05) is 38.8 Å². The number of sulfonamides is 1. The van der Waals surface area contributed by atoms with E-state index in [1.807, 2.05) is 0 Å². The van der Waals surface area contributed by atoms with Crippen LogP contribution < -0.4 is 10.6 Å². The van der Waals surface area contributed by atoms with E-state index in [9.17, 15) is 13.2 Å². The Labute approximate surface area is 125 Å². The van der Waals surface area contributed by atoms with Crippen molar-refractivity contribution in [3.05, 3.63) is 29.8 Å². The van der Waals surface area contributed by atoms with Gasteiger partial charge in [-0.3, -0.25) is 4.79 Å². The molecule has 2 N–H and O–H groups in total. The smallest absolute Gasteiger partial charge is 0.251 e. The second-order valence-corrected chi connectivity index (χ2v) is 6.43. The van der Waals surface area contributed by atoms with Crippen molar-refractivity contribution in [1.29, 1.82) is 0 Å². The van der Waals surface area contributed by atoms with E-state index >= 15 is 0 Å². The molecule has 0 aromatic heterocycles. The Morgan fingerprint density at radius 3 is 2.25 bits per heavy atom. The van der Waals surface area contributed by atoms with Crippen LogP contribution in [0.25, 0.3) is 0 Å². The van der Waals surface area contributed by atoms with Crippen molar-refractivity contribution in [2.24, 2.45) is 0 Å². The van der Waals surface area contributed by atoms with Crippen LogP contribution in [0, 0.1) is 0 Å². The number of benzene rings is 1. The first-order chi connectivity index (χ1) is 8.96. The maximum atomic E-state index is 12.3. The molecule has 2 rings (SSSR count). The minimum atomic E-state index is -3.49.